The van der Waals surface area contributed by atoms with Crippen LogP contribution in [0.4, 0.5) is 42.9 Å². The first kappa shape index (κ1) is 55.7. The van der Waals surface area contributed by atoms with Crippen molar-refractivity contribution in [3.05, 3.63) is 264 Å². The van der Waals surface area contributed by atoms with Gasteiger partial charge in [0.25, 0.3) is 0 Å². The number of anilines is 6. The molecule has 0 heterocycles. The van der Waals surface area contributed by atoms with Crippen molar-refractivity contribution in [3.63, 3.8) is 0 Å². The molecular weight excluding hydrogens is 1030 g/mol. The van der Waals surface area contributed by atoms with E-state index in [2.05, 4.69) is 275 Å². The van der Waals surface area contributed by atoms with Gasteiger partial charge in [-0.05, 0) is 207 Å². The first-order chi connectivity index (χ1) is 39.9. The summed E-state index contributed by atoms with van der Waals surface area (Å²) in [6.45, 7) is 27.6. The van der Waals surface area contributed by atoms with E-state index in [4.69, 9.17) is 0 Å². The number of benzene rings is 12. The highest BCUT2D eigenvalue weighted by Gasteiger charge is 2.29. The summed E-state index contributed by atoms with van der Waals surface area (Å²) in [5, 5.41) is 6.90. The second-order valence-electron chi connectivity index (χ2n) is 27.1. The molecule has 0 aromatic heterocycles. The van der Waals surface area contributed by atoms with Gasteiger partial charge in [0.15, 0.2) is 0 Å². The first-order valence-electron chi connectivity index (χ1n) is 29.5. The third-order valence-electron chi connectivity index (χ3n) is 16.8. The SMILES string of the molecule is CC(C)(C)c1cc(N(c2cc(-c3ccccc3)cc(-c3ccc(F)cc3)c2)c2ccc3ccc4c(N(c5cc(-c6ccccc6)cc(-c6ccc(F)cc6)c5)c5cc(C(C)(C)C)cc(C(C)(C)C)c5)ccc5ccc2c3c54)cc(C(C)(C)C)c1. The molecule has 0 aliphatic carbocycles. The molecule has 84 heavy (non-hydrogen) atoms. The number of hydrogen-bond acceptors (Lipinski definition) is 2. The van der Waals surface area contributed by atoms with Gasteiger partial charge in [-0.1, -0.05) is 217 Å². The molecule has 2 nitrogen and oxygen atoms in total. The molecule has 0 atom stereocenters. The lowest BCUT2D eigenvalue weighted by Gasteiger charge is -2.33. The third kappa shape index (κ3) is 10.9. The lowest BCUT2D eigenvalue weighted by Crippen LogP contribution is -2.19. The molecule has 0 saturated heterocycles. The zero-order chi connectivity index (χ0) is 59.0. The number of rotatable bonds is 10. The van der Waals surface area contributed by atoms with Crippen molar-refractivity contribution in [1.82, 2.24) is 0 Å². The molecule has 12 rings (SSSR count). The maximum Gasteiger partial charge on any atom is 0.123 e. The Morgan fingerprint density at radius 3 is 0.821 bits per heavy atom. The molecule has 0 spiro atoms. The summed E-state index contributed by atoms with van der Waals surface area (Å²) in [6, 6.07) is 81.3. The average Bonchev–Trinajstić information content (AvgIpc) is 1.36. The van der Waals surface area contributed by atoms with Crippen LogP contribution < -0.4 is 9.80 Å². The zero-order valence-corrected chi connectivity index (χ0v) is 50.6. The normalized spacial score (nSPS) is 12.4. The third-order valence-corrected chi connectivity index (χ3v) is 16.8. The van der Waals surface area contributed by atoms with Gasteiger partial charge in [0.2, 0.25) is 0 Å². The molecule has 418 valence electrons. The molecule has 0 saturated carbocycles. The van der Waals surface area contributed by atoms with E-state index < -0.39 is 0 Å². The van der Waals surface area contributed by atoms with E-state index >= 15 is 0 Å². The molecular formula is C80H74F2N2. The Balaban J connectivity index is 1.17. The molecule has 4 heteroatoms. The Bertz CT molecular complexity index is 4050. The van der Waals surface area contributed by atoms with E-state index in [1.807, 2.05) is 24.3 Å². The molecule has 0 aliphatic heterocycles. The zero-order valence-electron chi connectivity index (χ0n) is 50.6. The average molecular weight is 1100 g/mol. The van der Waals surface area contributed by atoms with E-state index in [1.54, 1.807) is 24.3 Å². The van der Waals surface area contributed by atoms with Crippen LogP contribution in [0.1, 0.15) is 105 Å². The van der Waals surface area contributed by atoms with Crippen LogP contribution in [-0.4, -0.2) is 0 Å². The van der Waals surface area contributed by atoms with Crippen molar-refractivity contribution in [2.24, 2.45) is 0 Å². The van der Waals surface area contributed by atoms with Crippen LogP contribution in [0.2, 0.25) is 0 Å². The highest BCUT2D eigenvalue weighted by Crippen LogP contribution is 2.51. The first-order valence-corrected chi connectivity index (χ1v) is 29.5. The van der Waals surface area contributed by atoms with Gasteiger partial charge in [-0.3, -0.25) is 0 Å². The van der Waals surface area contributed by atoms with Crippen LogP contribution in [0, 0.1) is 11.6 Å². The van der Waals surface area contributed by atoms with Gasteiger partial charge in [0.1, 0.15) is 11.6 Å². The second-order valence-corrected chi connectivity index (χ2v) is 27.1. The van der Waals surface area contributed by atoms with Crippen molar-refractivity contribution in [1.29, 1.82) is 0 Å². The fraction of sp³-hybridized carbons (Fsp3) is 0.200. The summed E-state index contributed by atoms with van der Waals surface area (Å²) in [4.78, 5) is 4.95. The molecule has 0 fully saturated rings. The largest absolute Gasteiger partial charge is 0.310 e. The van der Waals surface area contributed by atoms with Crippen LogP contribution in [0.3, 0.4) is 0 Å². The Morgan fingerprint density at radius 1 is 0.250 bits per heavy atom. The molecule has 12 aromatic rings. The second kappa shape index (κ2) is 21.1. The molecule has 0 unspecified atom stereocenters. The molecule has 0 N–H and O–H groups in total. The van der Waals surface area contributed by atoms with E-state index in [-0.39, 0.29) is 33.3 Å². The van der Waals surface area contributed by atoms with Crippen LogP contribution >= 0.6 is 0 Å². The van der Waals surface area contributed by atoms with Crippen LogP contribution in [0.5, 0.6) is 0 Å². The van der Waals surface area contributed by atoms with Gasteiger partial charge in [-0.25, -0.2) is 8.78 Å². The van der Waals surface area contributed by atoms with Gasteiger partial charge in [-0.15, -0.1) is 0 Å². The highest BCUT2D eigenvalue weighted by molar-refractivity contribution is 6.28. The summed E-state index contributed by atoms with van der Waals surface area (Å²) in [6.07, 6.45) is 0. The Hall–Kier alpha value is -8.86. The van der Waals surface area contributed by atoms with E-state index in [9.17, 15) is 8.78 Å². The van der Waals surface area contributed by atoms with Gasteiger partial charge >= 0.3 is 0 Å². The fourth-order valence-corrected chi connectivity index (χ4v) is 11.9. The van der Waals surface area contributed by atoms with Crippen molar-refractivity contribution in [2.75, 3.05) is 9.80 Å². The van der Waals surface area contributed by atoms with E-state index in [1.165, 1.54) is 33.0 Å². The fourth-order valence-electron chi connectivity index (χ4n) is 11.9. The topological polar surface area (TPSA) is 6.48 Å². The van der Waals surface area contributed by atoms with Crippen molar-refractivity contribution in [3.8, 4) is 44.5 Å². The van der Waals surface area contributed by atoms with Gasteiger partial charge in [0.05, 0.1) is 11.4 Å². The number of hydrogen-bond donors (Lipinski definition) is 0. The summed E-state index contributed by atoms with van der Waals surface area (Å²) in [7, 11) is 0. The smallest absolute Gasteiger partial charge is 0.123 e. The summed E-state index contributed by atoms with van der Waals surface area (Å²) < 4.78 is 29.4. The predicted octanol–water partition coefficient (Wildman–Crippen LogP) is 23.7. The lowest BCUT2D eigenvalue weighted by atomic mass is 9.80. The summed E-state index contributed by atoms with van der Waals surface area (Å²) >= 11 is 0. The molecule has 0 amide bonds. The van der Waals surface area contributed by atoms with Crippen molar-refractivity contribution in [2.45, 2.75) is 105 Å². The highest BCUT2D eigenvalue weighted by atomic mass is 19.1. The summed E-state index contributed by atoms with van der Waals surface area (Å²) in [5.74, 6) is -0.533. The standard InChI is InChI=1S/C80H74F2N2/c1-77(2,3)61-45-62(78(4,5)6)48-69(47-61)83(67-41-57(51-19-15-13-16-20-51)39-59(43-67)53-23-31-65(81)32-24-53)73-37-29-55-28-36-72-74(38-30-56-27-35-71(73)75(55)76(56)72)84(70-49-63(79(7,8)9)46-64(50-70)80(10,11)12)68-42-58(52-21-17-14-18-22-52)40-60(44-68)54-25-33-66(82)34-26-54/h13-50H,1-12H3. The van der Waals surface area contributed by atoms with Crippen molar-refractivity contribution >= 4 is 66.4 Å². The number of halogens is 2. The van der Waals surface area contributed by atoms with Crippen LogP contribution in [-0.2, 0) is 21.7 Å². The molecule has 0 radical (unpaired) electrons. The molecule has 0 bridgehead atoms. The van der Waals surface area contributed by atoms with Crippen LogP contribution in [0.15, 0.2) is 231 Å². The van der Waals surface area contributed by atoms with E-state index in [0.717, 1.165) is 100 Å². The van der Waals surface area contributed by atoms with Gasteiger partial charge in [0, 0.05) is 33.5 Å². The monoisotopic (exact) mass is 1100 g/mol. The Labute approximate surface area is 496 Å². The van der Waals surface area contributed by atoms with Crippen molar-refractivity contribution < 1.29 is 8.78 Å². The number of nitrogens with zero attached hydrogens (tertiary/aromatic N) is 2. The lowest BCUT2D eigenvalue weighted by molar-refractivity contribution is 0.568. The van der Waals surface area contributed by atoms with Crippen LogP contribution in [0.25, 0.3) is 76.8 Å². The predicted molar refractivity (Wildman–Crippen MR) is 356 cm³/mol. The minimum atomic E-state index is -0.267. The molecule has 12 aromatic carbocycles. The van der Waals surface area contributed by atoms with Gasteiger partial charge in [-0.2, -0.15) is 0 Å². The Morgan fingerprint density at radius 2 is 0.524 bits per heavy atom. The van der Waals surface area contributed by atoms with E-state index in [0.29, 0.717) is 0 Å². The minimum absolute atomic E-state index is 0.155. The minimum Gasteiger partial charge on any atom is -0.310 e. The van der Waals surface area contributed by atoms with Gasteiger partial charge < -0.3 is 9.80 Å². The Kier molecular flexibility index (Phi) is 14.0. The maximum absolute atomic E-state index is 14.7. The summed E-state index contributed by atoms with van der Waals surface area (Å²) in [5.41, 5.74) is 18.7. The quantitative estimate of drug-likeness (QED) is 0.126. The molecule has 0 aliphatic rings. The maximum atomic E-state index is 14.7.